The van der Waals surface area contributed by atoms with Crippen LogP contribution in [0.4, 0.5) is 13.2 Å². The molecular weight excluding hydrogens is 231 g/mol. The minimum Gasteiger partial charge on any atom is -0.317 e. The van der Waals surface area contributed by atoms with E-state index in [0.29, 0.717) is 12.5 Å². The van der Waals surface area contributed by atoms with Gasteiger partial charge in [-0.15, -0.1) is 0 Å². The number of halogens is 3. The summed E-state index contributed by atoms with van der Waals surface area (Å²) < 4.78 is 37.2. The van der Waals surface area contributed by atoms with Crippen LogP contribution in [-0.2, 0) is 0 Å². The van der Waals surface area contributed by atoms with Gasteiger partial charge in [0.15, 0.2) is 5.92 Å². The number of rotatable bonds is 4. The van der Waals surface area contributed by atoms with E-state index in [4.69, 9.17) is 5.26 Å². The molecule has 0 bridgehead atoms. The first-order chi connectivity index (χ1) is 7.93. The molecule has 0 saturated carbocycles. The zero-order chi connectivity index (χ0) is 12.9. The van der Waals surface area contributed by atoms with E-state index >= 15 is 0 Å². The number of hydrogen-bond donors (Lipinski definition) is 1. The fourth-order valence-electron chi connectivity index (χ4n) is 2.11. The van der Waals surface area contributed by atoms with Crippen molar-refractivity contribution < 1.29 is 13.2 Å². The number of piperidine rings is 1. The molecule has 0 aromatic carbocycles. The predicted octanol–water partition coefficient (Wildman–Crippen LogP) is 1.62. The lowest BCUT2D eigenvalue weighted by Gasteiger charge is -2.28. The maximum Gasteiger partial charge on any atom is 0.405 e. The van der Waals surface area contributed by atoms with Gasteiger partial charge in [0.05, 0.1) is 6.07 Å². The fourth-order valence-corrected chi connectivity index (χ4v) is 2.11. The SMILES string of the molecule is CN(CC1CCNCC1)CC(C#N)C(F)(F)F. The molecule has 1 aliphatic rings. The number of nitrogens with zero attached hydrogens (tertiary/aromatic N) is 2. The van der Waals surface area contributed by atoms with Crippen LogP contribution >= 0.6 is 0 Å². The molecular formula is C11H18F3N3. The normalized spacial score (nSPS) is 20.2. The van der Waals surface area contributed by atoms with Gasteiger partial charge in [-0.05, 0) is 38.9 Å². The monoisotopic (exact) mass is 249 g/mol. The van der Waals surface area contributed by atoms with Crippen LogP contribution in [0.25, 0.3) is 0 Å². The van der Waals surface area contributed by atoms with Crippen LogP contribution in [0.2, 0.25) is 0 Å². The fraction of sp³-hybridized carbons (Fsp3) is 0.909. The van der Waals surface area contributed by atoms with Gasteiger partial charge in [-0.2, -0.15) is 18.4 Å². The lowest BCUT2D eigenvalue weighted by atomic mass is 9.97. The van der Waals surface area contributed by atoms with Gasteiger partial charge in [0.25, 0.3) is 0 Å². The molecule has 6 heteroatoms. The highest BCUT2D eigenvalue weighted by Crippen LogP contribution is 2.26. The Morgan fingerprint density at radius 1 is 1.41 bits per heavy atom. The molecule has 1 N–H and O–H groups in total. The van der Waals surface area contributed by atoms with Crippen molar-refractivity contribution in [2.24, 2.45) is 11.8 Å². The van der Waals surface area contributed by atoms with Crippen molar-refractivity contribution >= 4 is 0 Å². The number of hydrogen-bond acceptors (Lipinski definition) is 3. The number of alkyl halides is 3. The Balaban J connectivity index is 2.37. The smallest absolute Gasteiger partial charge is 0.317 e. The first kappa shape index (κ1) is 14.3. The maximum absolute atomic E-state index is 12.4. The molecule has 1 fully saturated rings. The molecule has 0 amide bonds. The summed E-state index contributed by atoms with van der Waals surface area (Å²) in [6, 6.07) is 1.33. The number of nitriles is 1. The second-order valence-electron chi connectivity index (χ2n) is 4.64. The summed E-state index contributed by atoms with van der Waals surface area (Å²) in [4.78, 5) is 1.62. The summed E-state index contributed by atoms with van der Waals surface area (Å²) in [5.41, 5.74) is 0. The molecule has 1 atom stereocenters. The molecule has 1 unspecified atom stereocenters. The predicted molar refractivity (Wildman–Crippen MR) is 58.2 cm³/mol. The van der Waals surface area contributed by atoms with E-state index in [1.54, 1.807) is 11.9 Å². The van der Waals surface area contributed by atoms with E-state index in [1.165, 1.54) is 6.07 Å². The maximum atomic E-state index is 12.4. The van der Waals surface area contributed by atoms with E-state index in [9.17, 15) is 13.2 Å². The average molecular weight is 249 g/mol. The van der Waals surface area contributed by atoms with E-state index in [2.05, 4.69) is 5.32 Å². The quantitative estimate of drug-likeness (QED) is 0.823. The summed E-state index contributed by atoms with van der Waals surface area (Å²) in [5.74, 6) is -1.44. The Hall–Kier alpha value is -0.800. The third kappa shape index (κ3) is 4.92. The first-order valence-electron chi connectivity index (χ1n) is 5.79. The van der Waals surface area contributed by atoms with E-state index in [1.807, 2.05) is 0 Å². The van der Waals surface area contributed by atoms with E-state index in [0.717, 1.165) is 25.9 Å². The van der Waals surface area contributed by atoms with Gasteiger partial charge in [-0.3, -0.25) is 0 Å². The Morgan fingerprint density at radius 2 is 2.00 bits per heavy atom. The molecule has 0 spiro atoms. The van der Waals surface area contributed by atoms with Crippen LogP contribution in [-0.4, -0.2) is 44.3 Å². The summed E-state index contributed by atoms with van der Waals surface area (Å²) in [7, 11) is 1.65. The molecule has 1 rings (SSSR count). The standard InChI is InChI=1S/C11H18F3N3/c1-17(7-9-2-4-16-5-3-9)8-10(6-15)11(12,13)14/h9-10,16H,2-5,7-8H2,1H3. The minimum absolute atomic E-state index is 0.232. The zero-order valence-electron chi connectivity index (χ0n) is 9.93. The van der Waals surface area contributed by atoms with Crippen molar-refractivity contribution in [1.82, 2.24) is 10.2 Å². The third-order valence-corrected chi connectivity index (χ3v) is 3.07. The highest BCUT2D eigenvalue weighted by molar-refractivity contribution is 4.90. The molecule has 1 heterocycles. The second kappa shape index (κ2) is 6.22. The topological polar surface area (TPSA) is 39.1 Å². The molecule has 3 nitrogen and oxygen atoms in total. The Bertz CT molecular complexity index is 266. The average Bonchev–Trinajstić information content (AvgIpc) is 2.25. The molecule has 1 saturated heterocycles. The van der Waals surface area contributed by atoms with Crippen molar-refractivity contribution in [3.05, 3.63) is 0 Å². The van der Waals surface area contributed by atoms with Crippen molar-refractivity contribution in [2.75, 3.05) is 33.2 Å². The molecule has 0 aromatic rings. The van der Waals surface area contributed by atoms with Gasteiger partial charge in [-0.25, -0.2) is 0 Å². The van der Waals surface area contributed by atoms with Gasteiger partial charge in [0.1, 0.15) is 0 Å². The molecule has 98 valence electrons. The molecule has 17 heavy (non-hydrogen) atoms. The first-order valence-corrected chi connectivity index (χ1v) is 5.79. The lowest BCUT2D eigenvalue weighted by Crippen LogP contribution is -2.39. The van der Waals surface area contributed by atoms with E-state index in [-0.39, 0.29) is 6.54 Å². The molecule has 1 aliphatic heterocycles. The van der Waals surface area contributed by atoms with Crippen molar-refractivity contribution in [3.63, 3.8) is 0 Å². The largest absolute Gasteiger partial charge is 0.405 e. The Kier molecular flexibility index (Phi) is 5.22. The van der Waals surface area contributed by atoms with Crippen molar-refractivity contribution in [3.8, 4) is 6.07 Å². The summed E-state index contributed by atoms with van der Waals surface area (Å²) in [6.45, 7) is 2.26. The minimum atomic E-state index is -4.42. The lowest BCUT2D eigenvalue weighted by molar-refractivity contribution is -0.162. The Labute approximate surface area is 99.6 Å². The summed E-state index contributed by atoms with van der Waals surface area (Å²) in [6.07, 6.45) is -2.43. The molecule has 0 radical (unpaired) electrons. The molecule has 0 aliphatic carbocycles. The van der Waals surface area contributed by atoms with Crippen molar-refractivity contribution in [2.45, 2.75) is 19.0 Å². The van der Waals surface area contributed by atoms with E-state index < -0.39 is 12.1 Å². The third-order valence-electron chi connectivity index (χ3n) is 3.07. The summed E-state index contributed by atoms with van der Waals surface area (Å²) in [5, 5.41) is 11.7. The highest BCUT2D eigenvalue weighted by Gasteiger charge is 2.40. The second-order valence-corrected chi connectivity index (χ2v) is 4.64. The van der Waals surface area contributed by atoms with Gasteiger partial charge in [-0.1, -0.05) is 0 Å². The van der Waals surface area contributed by atoms with Crippen LogP contribution in [0.3, 0.4) is 0 Å². The molecule has 0 aromatic heterocycles. The van der Waals surface area contributed by atoms with Gasteiger partial charge in [0.2, 0.25) is 0 Å². The van der Waals surface area contributed by atoms with Crippen LogP contribution in [0.5, 0.6) is 0 Å². The van der Waals surface area contributed by atoms with Crippen molar-refractivity contribution in [1.29, 1.82) is 5.26 Å². The van der Waals surface area contributed by atoms with Crippen LogP contribution in [0, 0.1) is 23.2 Å². The zero-order valence-corrected chi connectivity index (χ0v) is 9.93. The number of nitrogens with one attached hydrogen (secondary N) is 1. The van der Waals surface area contributed by atoms with Crippen LogP contribution < -0.4 is 5.32 Å². The van der Waals surface area contributed by atoms with Crippen LogP contribution in [0.1, 0.15) is 12.8 Å². The highest BCUT2D eigenvalue weighted by atomic mass is 19.4. The van der Waals surface area contributed by atoms with Gasteiger partial charge >= 0.3 is 6.18 Å². The summed E-state index contributed by atoms with van der Waals surface area (Å²) >= 11 is 0. The van der Waals surface area contributed by atoms with Gasteiger partial charge < -0.3 is 10.2 Å². The van der Waals surface area contributed by atoms with Gasteiger partial charge in [0, 0.05) is 13.1 Å². The van der Waals surface area contributed by atoms with Crippen LogP contribution in [0.15, 0.2) is 0 Å². The Morgan fingerprint density at radius 3 is 2.47 bits per heavy atom.